The number of thiol groups is 1. The minimum absolute atomic E-state index is 0.150. The van der Waals surface area contributed by atoms with E-state index in [1.807, 2.05) is 6.26 Å². The summed E-state index contributed by atoms with van der Waals surface area (Å²) in [5.41, 5.74) is 11.1. The molecule has 0 fully saturated rings. The molecule has 184 valence electrons. The van der Waals surface area contributed by atoms with Crippen molar-refractivity contribution in [1.82, 2.24) is 16.0 Å². The summed E-state index contributed by atoms with van der Waals surface area (Å²) in [5.74, 6) is -4.60. The first-order valence-electron chi connectivity index (χ1n) is 9.98. The number of carbonyl (C=O) groups excluding carboxylic acids is 3. The smallest absolute Gasteiger partial charge is 0.326 e. The number of carbonyl (C=O) groups is 5. The van der Waals surface area contributed by atoms with Crippen LogP contribution in [0.15, 0.2) is 0 Å². The summed E-state index contributed by atoms with van der Waals surface area (Å²) < 4.78 is 0. The average molecular weight is 496 g/mol. The Kier molecular flexibility index (Phi) is 15.5. The SMILES string of the molecule is CSCCC(N)C(=O)NC(CC(=O)O)C(=O)NC(CS)C(=O)NC(CCCCN)C(=O)O. The van der Waals surface area contributed by atoms with Crippen molar-refractivity contribution in [1.29, 1.82) is 0 Å². The molecule has 0 aromatic carbocycles. The van der Waals surface area contributed by atoms with Crippen LogP contribution in [0.2, 0.25) is 0 Å². The number of rotatable bonds is 17. The molecule has 0 saturated carbocycles. The van der Waals surface area contributed by atoms with E-state index in [9.17, 15) is 29.1 Å². The second-order valence-electron chi connectivity index (χ2n) is 6.97. The third-order valence-corrected chi connectivity index (χ3v) is 5.37. The van der Waals surface area contributed by atoms with Gasteiger partial charge in [0.25, 0.3) is 0 Å². The molecule has 14 heteroatoms. The number of unbranched alkanes of at least 4 members (excludes halogenated alkanes) is 1. The van der Waals surface area contributed by atoms with E-state index in [1.54, 1.807) is 0 Å². The number of nitrogens with two attached hydrogens (primary N) is 2. The molecule has 0 saturated heterocycles. The first kappa shape index (κ1) is 30.0. The van der Waals surface area contributed by atoms with Crippen molar-refractivity contribution in [2.75, 3.05) is 24.3 Å². The molecule has 3 amide bonds. The summed E-state index contributed by atoms with van der Waals surface area (Å²) in [6, 6.07) is -4.84. The van der Waals surface area contributed by atoms with E-state index in [0.29, 0.717) is 31.6 Å². The maximum absolute atomic E-state index is 12.6. The molecule has 0 rings (SSSR count). The zero-order valence-corrected chi connectivity index (χ0v) is 19.6. The zero-order chi connectivity index (χ0) is 24.7. The molecule has 0 aromatic rings. The predicted octanol–water partition coefficient (Wildman–Crippen LogP) is -1.86. The highest BCUT2D eigenvalue weighted by Crippen LogP contribution is 2.04. The number of hydrogen-bond donors (Lipinski definition) is 8. The van der Waals surface area contributed by atoms with Crippen molar-refractivity contribution in [3.63, 3.8) is 0 Å². The van der Waals surface area contributed by atoms with Crippen LogP contribution in [-0.2, 0) is 24.0 Å². The number of carboxylic acid groups (broad SMARTS) is 2. The molecule has 0 bridgehead atoms. The minimum atomic E-state index is -1.48. The van der Waals surface area contributed by atoms with Crippen molar-refractivity contribution >= 4 is 54.1 Å². The van der Waals surface area contributed by atoms with Gasteiger partial charge in [-0.25, -0.2) is 4.79 Å². The molecule has 9 N–H and O–H groups in total. The van der Waals surface area contributed by atoms with Crippen LogP contribution >= 0.6 is 24.4 Å². The van der Waals surface area contributed by atoms with Gasteiger partial charge in [-0.05, 0) is 44.2 Å². The Labute approximate surface area is 196 Å². The van der Waals surface area contributed by atoms with Crippen LogP contribution in [0.1, 0.15) is 32.1 Å². The molecular weight excluding hydrogens is 462 g/mol. The van der Waals surface area contributed by atoms with Gasteiger partial charge in [0.2, 0.25) is 17.7 Å². The lowest BCUT2D eigenvalue weighted by molar-refractivity contribution is -0.143. The molecule has 0 heterocycles. The lowest BCUT2D eigenvalue weighted by Crippen LogP contribution is -2.58. The maximum atomic E-state index is 12.6. The number of carboxylic acids is 2. The Morgan fingerprint density at radius 1 is 0.906 bits per heavy atom. The van der Waals surface area contributed by atoms with Gasteiger partial charge in [0, 0.05) is 5.75 Å². The normalized spacial score (nSPS) is 14.5. The summed E-state index contributed by atoms with van der Waals surface area (Å²) >= 11 is 5.48. The summed E-state index contributed by atoms with van der Waals surface area (Å²) in [6.07, 6.45) is 2.65. The van der Waals surface area contributed by atoms with Crippen molar-refractivity contribution in [2.45, 2.75) is 56.3 Å². The van der Waals surface area contributed by atoms with E-state index in [1.165, 1.54) is 11.8 Å². The second-order valence-corrected chi connectivity index (χ2v) is 8.33. The number of hydrogen-bond acceptors (Lipinski definition) is 9. The highest BCUT2D eigenvalue weighted by molar-refractivity contribution is 7.98. The van der Waals surface area contributed by atoms with Gasteiger partial charge in [-0.2, -0.15) is 24.4 Å². The number of thioether (sulfide) groups is 1. The Morgan fingerprint density at radius 2 is 1.47 bits per heavy atom. The van der Waals surface area contributed by atoms with Crippen LogP contribution in [0.5, 0.6) is 0 Å². The summed E-state index contributed by atoms with van der Waals surface area (Å²) in [7, 11) is 0. The largest absolute Gasteiger partial charge is 0.481 e. The fraction of sp³-hybridized carbons (Fsp3) is 0.722. The standard InChI is InChI=1S/C18H33N5O7S2/c1-32-7-5-10(20)15(26)22-12(8-14(24)25)16(27)23-13(9-31)17(28)21-11(18(29)30)4-2-3-6-19/h10-13,31H,2-9,19-20H2,1H3,(H,21,28)(H,22,26)(H,23,27)(H,24,25)(H,29,30). The molecule has 12 nitrogen and oxygen atoms in total. The van der Waals surface area contributed by atoms with Gasteiger partial charge in [-0.15, -0.1) is 0 Å². The van der Waals surface area contributed by atoms with Gasteiger partial charge in [0.05, 0.1) is 12.5 Å². The second kappa shape index (κ2) is 16.6. The fourth-order valence-corrected chi connectivity index (χ4v) is 3.27. The highest BCUT2D eigenvalue weighted by Gasteiger charge is 2.30. The molecule has 0 radical (unpaired) electrons. The van der Waals surface area contributed by atoms with Crippen molar-refractivity contribution in [3.8, 4) is 0 Å². The monoisotopic (exact) mass is 495 g/mol. The molecule has 0 aliphatic heterocycles. The Balaban J connectivity index is 5.15. The Hall–Kier alpha value is -2.03. The Bertz CT molecular complexity index is 653. The van der Waals surface area contributed by atoms with Gasteiger partial charge in [0.1, 0.15) is 18.1 Å². The lowest BCUT2D eigenvalue weighted by Gasteiger charge is -2.23. The van der Waals surface area contributed by atoms with Crippen LogP contribution in [-0.4, -0.2) is 88.3 Å². The number of aliphatic carboxylic acids is 2. The molecule has 32 heavy (non-hydrogen) atoms. The van der Waals surface area contributed by atoms with Crippen molar-refractivity contribution in [3.05, 3.63) is 0 Å². The van der Waals surface area contributed by atoms with Crippen LogP contribution in [0, 0.1) is 0 Å². The van der Waals surface area contributed by atoms with Crippen LogP contribution in [0.3, 0.4) is 0 Å². The first-order chi connectivity index (χ1) is 15.1. The highest BCUT2D eigenvalue weighted by atomic mass is 32.2. The topological polar surface area (TPSA) is 214 Å². The van der Waals surface area contributed by atoms with E-state index in [2.05, 4.69) is 28.6 Å². The molecule has 0 aliphatic rings. The number of nitrogens with one attached hydrogen (secondary N) is 3. The molecule has 0 spiro atoms. The van der Waals surface area contributed by atoms with Gasteiger partial charge in [-0.1, -0.05) is 0 Å². The van der Waals surface area contributed by atoms with Crippen LogP contribution in [0.25, 0.3) is 0 Å². The lowest BCUT2D eigenvalue weighted by atomic mass is 10.1. The predicted molar refractivity (Wildman–Crippen MR) is 123 cm³/mol. The van der Waals surface area contributed by atoms with E-state index in [4.69, 9.17) is 16.6 Å². The summed E-state index contributed by atoms with van der Waals surface area (Å²) in [5, 5.41) is 25.3. The van der Waals surface area contributed by atoms with Gasteiger partial charge >= 0.3 is 11.9 Å². The fourth-order valence-electron chi connectivity index (χ4n) is 2.53. The molecule has 0 aromatic heterocycles. The van der Waals surface area contributed by atoms with E-state index < -0.39 is 60.2 Å². The first-order valence-corrected chi connectivity index (χ1v) is 12.0. The van der Waals surface area contributed by atoms with Crippen molar-refractivity contribution in [2.24, 2.45) is 11.5 Å². The minimum Gasteiger partial charge on any atom is -0.481 e. The third kappa shape index (κ3) is 12.1. The van der Waals surface area contributed by atoms with E-state index >= 15 is 0 Å². The van der Waals surface area contributed by atoms with Crippen molar-refractivity contribution < 1.29 is 34.2 Å². The third-order valence-electron chi connectivity index (χ3n) is 4.36. The van der Waals surface area contributed by atoms with Crippen LogP contribution in [0.4, 0.5) is 0 Å². The maximum Gasteiger partial charge on any atom is 0.326 e. The molecule has 4 unspecified atom stereocenters. The van der Waals surface area contributed by atoms with E-state index in [0.717, 1.165) is 0 Å². The summed E-state index contributed by atoms with van der Waals surface area (Å²) in [6.45, 7) is 0.382. The molecule has 4 atom stereocenters. The zero-order valence-electron chi connectivity index (χ0n) is 17.9. The molecule has 0 aliphatic carbocycles. The van der Waals surface area contributed by atoms with Gasteiger partial charge in [-0.3, -0.25) is 19.2 Å². The van der Waals surface area contributed by atoms with Gasteiger partial charge < -0.3 is 37.6 Å². The summed E-state index contributed by atoms with van der Waals surface area (Å²) in [4.78, 5) is 59.7. The van der Waals surface area contributed by atoms with Gasteiger partial charge in [0.15, 0.2) is 0 Å². The number of amides is 3. The quantitative estimate of drug-likeness (QED) is 0.0831. The average Bonchev–Trinajstić information content (AvgIpc) is 2.73. The van der Waals surface area contributed by atoms with E-state index in [-0.39, 0.29) is 12.2 Å². The molecular formula is C18H33N5O7S2. The van der Waals surface area contributed by atoms with Crippen LogP contribution < -0.4 is 27.4 Å². The Morgan fingerprint density at radius 3 is 1.97 bits per heavy atom.